The molecule has 0 aromatic carbocycles. The van der Waals surface area contributed by atoms with Crippen LogP contribution in [-0.2, 0) is 10.0 Å². The van der Waals surface area contributed by atoms with E-state index in [1.54, 1.807) is 0 Å². The molecule has 1 aromatic rings. The number of hydrogen-bond acceptors (Lipinski definition) is 4. The van der Waals surface area contributed by atoms with Gasteiger partial charge in [-0.05, 0) is 31.2 Å². The molecule has 0 spiro atoms. The highest BCUT2D eigenvalue weighted by molar-refractivity contribution is 7.88. The Morgan fingerprint density at radius 2 is 2.30 bits per heavy atom. The third-order valence-electron chi connectivity index (χ3n) is 3.62. The summed E-state index contributed by atoms with van der Waals surface area (Å²) in [6.45, 7) is 0.950. The summed E-state index contributed by atoms with van der Waals surface area (Å²) in [6.07, 6.45) is 4.97. The highest BCUT2D eigenvalue weighted by atomic mass is 32.2. The molecule has 0 bridgehead atoms. The third-order valence-corrected chi connectivity index (χ3v) is 4.89. The van der Waals surface area contributed by atoms with E-state index in [1.807, 2.05) is 0 Å². The second kappa shape index (κ2) is 6.15. The number of aliphatic hydroxyl groups is 1. The minimum Gasteiger partial charge on any atom is -0.388 e. The van der Waals surface area contributed by atoms with Gasteiger partial charge in [0.15, 0.2) is 0 Å². The van der Waals surface area contributed by atoms with Crippen molar-refractivity contribution in [2.75, 3.05) is 19.3 Å². The Morgan fingerprint density at radius 3 is 2.95 bits per heavy atom. The summed E-state index contributed by atoms with van der Waals surface area (Å²) in [5.74, 6) is -0.403. The Kier molecular flexibility index (Phi) is 4.72. The molecule has 7 heteroatoms. The van der Waals surface area contributed by atoms with Crippen molar-refractivity contribution < 1.29 is 17.9 Å². The van der Waals surface area contributed by atoms with Gasteiger partial charge < -0.3 is 5.11 Å². The van der Waals surface area contributed by atoms with Gasteiger partial charge in [-0.1, -0.05) is 0 Å². The zero-order valence-corrected chi connectivity index (χ0v) is 12.2. The van der Waals surface area contributed by atoms with Crippen molar-refractivity contribution in [3.8, 4) is 0 Å². The molecule has 2 rings (SSSR count). The van der Waals surface area contributed by atoms with E-state index in [2.05, 4.69) is 4.98 Å². The SMILES string of the molecule is CS(=O)(=O)N1CCCC(CC(O)c2cncc(F)c2)C1. The van der Waals surface area contributed by atoms with Crippen LogP contribution in [0.2, 0.25) is 0 Å². The molecule has 1 aliphatic heterocycles. The van der Waals surface area contributed by atoms with E-state index >= 15 is 0 Å². The zero-order chi connectivity index (χ0) is 14.8. The number of aromatic nitrogens is 1. The number of pyridine rings is 1. The van der Waals surface area contributed by atoms with Crippen LogP contribution in [0.3, 0.4) is 0 Å². The van der Waals surface area contributed by atoms with Crippen molar-refractivity contribution in [2.45, 2.75) is 25.4 Å². The molecule has 0 amide bonds. The lowest BCUT2D eigenvalue weighted by molar-refractivity contribution is 0.122. The summed E-state index contributed by atoms with van der Waals surface area (Å²) in [6, 6.07) is 1.26. The number of hydrogen-bond donors (Lipinski definition) is 1. The van der Waals surface area contributed by atoms with Crippen LogP contribution < -0.4 is 0 Å². The van der Waals surface area contributed by atoms with Gasteiger partial charge in [-0.2, -0.15) is 0 Å². The fourth-order valence-corrected chi connectivity index (χ4v) is 3.53. The largest absolute Gasteiger partial charge is 0.388 e. The topological polar surface area (TPSA) is 70.5 Å². The highest BCUT2D eigenvalue weighted by Gasteiger charge is 2.27. The van der Waals surface area contributed by atoms with Gasteiger partial charge >= 0.3 is 0 Å². The summed E-state index contributed by atoms with van der Waals surface area (Å²) in [5, 5.41) is 10.1. The maximum Gasteiger partial charge on any atom is 0.211 e. The lowest BCUT2D eigenvalue weighted by Gasteiger charge is -2.32. The molecule has 1 fully saturated rings. The lowest BCUT2D eigenvalue weighted by Crippen LogP contribution is -2.39. The third kappa shape index (κ3) is 3.97. The molecule has 1 N–H and O–H groups in total. The summed E-state index contributed by atoms with van der Waals surface area (Å²) < 4.78 is 37.6. The van der Waals surface area contributed by atoms with Crippen molar-refractivity contribution in [1.29, 1.82) is 0 Å². The molecule has 1 aliphatic rings. The van der Waals surface area contributed by atoms with Gasteiger partial charge in [0.25, 0.3) is 0 Å². The van der Waals surface area contributed by atoms with Crippen LogP contribution in [0, 0.1) is 11.7 Å². The van der Waals surface area contributed by atoms with Gasteiger partial charge in [0.05, 0.1) is 18.6 Å². The molecule has 0 saturated carbocycles. The molecule has 2 atom stereocenters. The summed E-state index contributed by atoms with van der Waals surface area (Å²) in [7, 11) is -3.19. The van der Waals surface area contributed by atoms with E-state index in [0.717, 1.165) is 19.0 Å². The molecule has 1 saturated heterocycles. The lowest BCUT2D eigenvalue weighted by atomic mass is 9.91. The molecule has 5 nitrogen and oxygen atoms in total. The Labute approximate surface area is 118 Å². The standard InChI is InChI=1S/C13H19FN2O3S/c1-20(18,19)16-4-2-3-10(9-16)5-13(17)11-6-12(14)8-15-7-11/h6-8,10,13,17H,2-5,9H2,1H3. The first-order valence-corrected chi connectivity index (χ1v) is 8.44. The zero-order valence-electron chi connectivity index (χ0n) is 11.4. The maximum atomic E-state index is 13.1. The fourth-order valence-electron chi connectivity index (χ4n) is 2.58. The normalized spacial score (nSPS) is 22.6. The van der Waals surface area contributed by atoms with Crippen molar-refractivity contribution in [3.63, 3.8) is 0 Å². The number of sulfonamides is 1. The molecule has 0 aliphatic carbocycles. The first-order valence-electron chi connectivity index (χ1n) is 6.60. The van der Waals surface area contributed by atoms with E-state index in [1.165, 1.54) is 22.8 Å². The average Bonchev–Trinajstić information content (AvgIpc) is 2.38. The van der Waals surface area contributed by atoms with Crippen molar-refractivity contribution in [3.05, 3.63) is 29.8 Å². The molecular formula is C13H19FN2O3S. The second-order valence-corrected chi connectivity index (χ2v) is 7.30. The van der Waals surface area contributed by atoms with Crippen LogP contribution in [0.15, 0.2) is 18.5 Å². The van der Waals surface area contributed by atoms with E-state index in [4.69, 9.17) is 0 Å². The summed E-state index contributed by atoms with van der Waals surface area (Å²) in [4.78, 5) is 3.71. The van der Waals surface area contributed by atoms with Gasteiger partial charge in [-0.25, -0.2) is 17.1 Å². The van der Waals surface area contributed by atoms with Crippen LogP contribution in [0.1, 0.15) is 30.9 Å². The number of nitrogens with zero attached hydrogens (tertiary/aromatic N) is 2. The molecular weight excluding hydrogens is 283 g/mol. The maximum absolute atomic E-state index is 13.1. The van der Waals surface area contributed by atoms with E-state index < -0.39 is 21.9 Å². The van der Waals surface area contributed by atoms with Crippen LogP contribution in [-0.4, -0.2) is 42.2 Å². The minimum absolute atomic E-state index is 0.0803. The second-order valence-electron chi connectivity index (χ2n) is 5.32. The van der Waals surface area contributed by atoms with Crippen molar-refractivity contribution in [1.82, 2.24) is 9.29 Å². The average molecular weight is 302 g/mol. The van der Waals surface area contributed by atoms with Crippen LogP contribution in [0.25, 0.3) is 0 Å². The highest BCUT2D eigenvalue weighted by Crippen LogP contribution is 2.28. The Morgan fingerprint density at radius 1 is 1.55 bits per heavy atom. The number of halogens is 1. The van der Waals surface area contributed by atoms with E-state index in [-0.39, 0.29) is 5.92 Å². The molecule has 0 radical (unpaired) electrons. The predicted molar refractivity (Wildman–Crippen MR) is 72.9 cm³/mol. The van der Waals surface area contributed by atoms with Gasteiger partial charge in [-0.3, -0.25) is 4.98 Å². The molecule has 2 unspecified atom stereocenters. The summed E-state index contributed by atoms with van der Waals surface area (Å²) in [5.41, 5.74) is 0.432. The van der Waals surface area contributed by atoms with Crippen LogP contribution >= 0.6 is 0 Å². The van der Waals surface area contributed by atoms with Crippen LogP contribution in [0.4, 0.5) is 4.39 Å². The van der Waals surface area contributed by atoms with E-state index in [0.29, 0.717) is 25.1 Å². The smallest absolute Gasteiger partial charge is 0.211 e. The number of piperidine rings is 1. The van der Waals surface area contributed by atoms with Crippen LogP contribution in [0.5, 0.6) is 0 Å². The molecule has 1 aromatic heterocycles. The van der Waals surface area contributed by atoms with Gasteiger partial charge in [-0.15, -0.1) is 0 Å². The minimum atomic E-state index is -3.19. The number of rotatable bonds is 4. The van der Waals surface area contributed by atoms with Gasteiger partial charge in [0.2, 0.25) is 10.0 Å². The molecule has 112 valence electrons. The first kappa shape index (κ1) is 15.3. The quantitative estimate of drug-likeness (QED) is 0.910. The van der Waals surface area contributed by atoms with Crippen molar-refractivity contribution in [2.24, 2.45) is 5.92 Å². The Balaban J connectivity index is 1.99. The molecule has 20 heavy (non-hydrogen) atoms. The predicted octanol–water partition coefficient (Wildman–Crippen LogP) is 1.32. The molecule has 2 heterocycles. The monoisotopic (exact) mass is 302 g/mol. The fraction of sp³-hybridized carbons (Fsp3) is 0.615. The van der Waals surface area contributed by atoms with Gasteiger partial charge in [0, 0.05) is 24.8 Å². The van der Waals surface area contributed by atoms with Crippen molar-refractivity contribution >= 4 is 10.0 Å². The Hall–Kier alpha value is -1.05. The Bertz CT molecular complexity index is 564. The summed E-state index contributed by atoms with van der Waals surface area (Å²) >= 11 is 0. The number of aliphatic hydroxyl groups excluding tert-OH is 1. The first-order chi connectivity index (χ1) is 9.36. The van der Waals surface area contributed by atoms with Gasteiger partial charge in [0.1, 0.15) is 5.82 Å². The van der Waals surface area contributed by atoms with E-state index in [9.17, 15) is 17.9 Å².